The highest BCUT2D eigenvalue weighted by molar-refractivity contribution is 4.86. The van der Waals surface area contributed by atoms with E-state index in [1.807, 2.05) is 0 Å². The third-order valence-electron chi connectivity index (χ3n) is 5.29. The predicted molar refractivity (Wildman–Crippen MR) is 89.5 cm³/mol. The minimum Gasteiger partial charge on any atom is -0.388 e. The molecular formula is C19H32O4. The Kier molecular flexibility index (Phi) is 7.36. The van der Waals surface area contributed by atoms with Gasteiger partial charge in [-0.15, -0.1) is 12.3 Å². The summed E-state index contributed by atoms with van der Waals surface area (Å²) >= 11 is 0. The summed E-state index contributed by atoms with van der Waals surface area (Å²) in [6.45, 7) is 6.93. The van der Waals surface area contributed by atoms with Crippen molar-refractivity contribution in [3.05, 3.63) is 0 Å². The Bertz CT molecular complexity index is 391. The van der Waals surface area contributed by atoms with Crippen molar-refractivity contribution in [1.82, 2.24) is 0 Å². The zero-order valence-electron chi connectivity index (χ0n) is 14.7. The van der Waals surface area contributed by atoms with Gasteiger partial charge in [0.05, 0.1) is 12.7 Å². The molecule has 2 aliphatic heterocycles. The highest BCUT2D eigenvalue weighted by atomic mass is 16.8. The fourth-order valence-electron chi connectivity index (χ4n) is 3.69. The van der Waals surface area contributed by atoms with E-state index in [4.69, 9.17) is 20.6 Å². The van der Waals surface area contributed by atoms with Gasteiger partial charge in [0.15, 0.2) is 12.6 Å². The largest absolute Gasteiger partial charge is 0.388 e. The molecule has 2 fully saturated rings. The first kappa shape index (κ1) is 18.7. The molecule has 23 heavy (non-hydrogen) atoms. The molecule has 2 bridgehead atoms. The Morgan fingerprint density at radius 3 is 2.65 bits per heavy atom. The molecular weight excluding hydrogens is 292 g/mol. The molecule has 0 aromatic rings. The van der Waals surface area contributed by atoms with Crippen LogP contribution < -0.4 is 0 Å². The molecule has 0 radical (unpaired) electrons. The lowest BCUT2D eigenvalue weighted by Crippen LogP contribution is -2.52. The van der Waals surface area contributed by atoms with Gasteiger partial charge in [-0.25, -0.2) is 0 Å². The normalized spacial score (nSPS) is 42.5. The molecule has 7 atom stereocenters. The van der Waals surface area contributed by atoms with Crippen molar-refractivity contribution in [2.45, 2.75) is 84.1 Å². The molecule has 4 nitrogen and oxygen atoms in total. The van der Waals surface area contributed by atoms with Crippen molar-refractivity contribution in [3.8, 4) is 12.3 Å². The van der Waals surface area contributed by atoms with Crippen LogP contribution in [0.5, 0.6) is 0 Å². The van der Waals surface area contributed by atoms with Crippen molar-refractivity contribution in [2.24, 2.45) is 17.8 Å². The predicted octanol–water partition coefficient (Wildman–Crippen LogP) is 3.33. The number of terminal acetylenes is 1. The first-order chi connectivity index (χ1) is 11.0. The molecule has 4 heteroatoms. The number of rotatable bonds is 3. The van der Waals surface area contributed by atoms with E-state index in [2.05, 4.69) is 26.7 Å². The lowest BCUT2D eigenvalue weighted by atomic mass is 9.80. The minimum absolute atomic E-state index is 0.0837. The number of fused-ring (bicyclic) bond motifs is 2. The molecule has 7 unspecified atom stereocenters. The van der Waals surface area contributed by atoms with Crippen LogP contribution in [-0.2, 0) is 14.2 Å². The molecule has 0 aromatic heterocycles. The van der Waals surface area contributed by atoms with Gasteiger partial charge in [0.2, 0.25) is 0 Å². The van der Waals surface area contributed by atoms with Crippen molar-refractivity contribution < 1.29 is 19.3 Å². The number of hydrogen-bond acceptors (Lipinski definition) is 4. The smallest absolute Gasteiger partial charge is 0.187 e. The average molecular weight is 324 g/mol. The summed E-state index contributed by atoms with van der Waals surface area (Å²) in [5.41, 5.74) is 0. The van der Waals surface area contributed by atoms with Gasteiger partial charge in [0.1, 0.15) is 6.10 Å². The Labute approximate surface area is 140 Å². The molecule has 2 rings (SSSR count). The second-order valence-electron chi connectivity index (χ2n) is 7.27. The fourth-order valence-corrected chi connectivity index (χ4v) is 3.69. The van der Waals surface area contributed by atoms with E-state index >= 15 is 0 Å². The van der Waals surface area contributed by atoms with Crippen LogP contribution in [0.1, 0.15) is 59.3 Å². The molecule has 2 saturated heterocycles. The van der Waals surface area contributed by atoms with Gasteiger partial charge in [-0.05, 0) is 31.6 Å². The Hall–Kier alpha value is -0.600. The van der Waals surface area contributed by atoms with Crippen LogP contribution in [0.15, 0.2) is 0 Å². The molecule has 1 N–H and O–H groups in total. The van der Waals surface area contributed by atoms with Crippen LogP contribution in [0.2, 0.25) is 0 Å². The highest BCUT2D eigenvalue weighted by Crippen LogP contribution is 2.37. The number of aliphatic hydroxyl groups is 1. The molecule has 2 heterocycles. The van der Waals surface area contributed by atoms with Crippen LogP contribution in [0.4, 0.5) is 0 Å². The van der Waals surface area contributed by atoms with Gasteiger partial charge >= 0.3 is 0 Å². The molecule has 0 aromatic carbocycles. The molecule has 0 spiro atoms. The van der Waals surface area contributed by atoms with E-state index in [1.54, 1.807) is 0 Å². The maximum Gasteiger partial charge on any atom is 0.187 e. The lowest BCUT2D eigenvalue weighted by molar-refractivity contribution is -0.337. The highest BCUT2D eigenvalue weighted by Gasteiger charge is 2.44. The van der Waals surface area contributed by atoms with Crippen LogP contribution in [0.3, 0.4) is 0 Å². The molecule has 0 saturated carbocycles. The van der Waals surface area contributed by atoms with E-state index in [-0.39, 0.29) is 24.2 Å². The summed E-state index contributed by atoms with van der Waals surface area (Å²) in [6.07, 6.45) is 9.89. The Morgan fingerprint density at radius 2 is 1.91 bits per heavy atom. The molecule has 0 aliphatic carbocycles. The summed E-state index contributed by atoms with van der Waals surface area (Å²) in [5.74, 6) is 3.53. The summed E-state index contributed by atoms with van der Waals surface area (Å²) in [7, 11) is 0. The summed E-state index contributed by atoms with van der Waals surface area (Å²) in [6, 6.07) is 0. The van der Waals surface area contributed by atoms with E-state index in [0.29, 0.717) is 18.9 Å². The van der Waals surface area contributed by atoms with Gasteiger partial charge in [-0.1, -0.05) is 33.1 Å². The van der Waals surface area contributed by atoms with E-state index in [0.717, 1.165) is 25.7 Å². The minimum atomic E-state index is -0.601. The van der Waals surface area contributed by atoms with Crippen LogP contribution >= 0.6 is 0 Å². The lowest BCUT2D eigenvalue weighted by Gasteiger charge is -2.44. The van der Waals surface area contributed by atoms with Gasteiger partial charge in [0.25, 0.3) is 0 Å². The standard InChI is InChI=1S/C19H32O4/c1-5-6-12-21-18-15(4)16-11-10-13(2)8-7-9-14(3)22-19(23-18)17(16)20/h1,13-20H,6-12H2,2-4H3. The summed E-state index contributed by atoms with van der Waals surface area (Å²) in [5, 5.41) is 10.7. The zero-order chi connectivity index (χ0) is 16.8. The first-order valence-electron chi connectivity index (χ1n) is 9.07. The average Bonchev–Trinajstić information content (AvgIpc) is 2.52. The zero-order valence-corrected chi connectivity index (χ0v) is 14.7. The fraction of sp³-hybridized carbons (Fsp3) is 0.895. The van der Waals surface area contributed by atoms with Gasteiger partial charge in [0, 0.05) is 12.3 Å². The Balaban J connectivity index is 2.10. The second kappa shape index (κ2) is 9.03. The third-order valence-corrected chi connectivity index (χ3v) is 5.29. The van der Waals surface area contributed by atoms with Crippen LogP contribution in [-0.4, -0.2) is 36.5 Å². The van der Waals surface area contributed by atoms with E-state index < -0.39 is 12.4 Å². The molecule has 0 amide bonds. The van der Waals surface area contributed by atoms with Crippen molar-refractivity contribution >= 4 is 0 Å². The number of hydrogen-bond donors (Lipinski definition) is 1. The van der Waals surface area contributed by atoms with Gasteiger partial charge in [-0.3, -0.25) is 0 Å². The molecule has 132 valence electrons. The Morgan fingerprint density at radius 1 is 1.13 bits per heavy atom. The SMILES string of the molecule is C#CCCOC1OC2OC(C)CCCC(C)CCC(C1C)C2O. The number of ether oxygens (including phenoxy) is 3. The maximum absolute atomic E-state index is 10.7. The van der Waals surface area contributed by atoms with Gasteiger partial charge < -0.3 is 19.3 Å². The van der Waals surface area contributed by atoms with Crippen molar-refractivity contribution in [3.63, 3.8) is 0 Å². The van der Waals surface area contributed by atoms with Crippen LogP contribution in [0.25, 0.3) is 0 Å². The van der Waals surface area contributed by atoms with Crippen molar-refractivity contribution in [1.29, 1.82) is 0 Å². The molecule has 2 aliphatic rings. The monoisotopic (exact) mass is 324 g/mol. The van der Waals surface area contributed by atoms with E-state index in [9.17, 15) is 5.11 Å². The first-order valence-corrected chi connectivity index (χ1v) is 9.07. The van der Waals surface area contributed by atoms with Crippen molar-refractivity contribution in [2.75, 3.05) is 6.61 Å². The number of aliphatic hydroxyl groups excluding tert-OH is 1. The van der Waals surface area contributed by atoms with Gasteiger partial charge in [-0.2, -0.15) is 0 Å². The quantitative estimate of drug-likeness (QED) is 0.639. The summed E-state index contributed by atoms with van der Waals surface area (Å²) in [4.78, 5) is 0. The second-order valence-corrected chi connectivity index (χ2v) is 7.27. The third kappa shape index (κ3) is 5.19. The van der Waals surface area contributed by atoms with E-state index in [1.165, 1.54) is 6.42 Å². The van der Waals surface area contributed by atoms with Crippen LogP contribution in [0, 0.1) is 30.1 Å². The topological polar surface area (TPSA) is 47.9 Å². The maximum atomic E-state index is 10.7. The summed E-state index contributed by atoms with van der Waals surface area (Å²) < 4.78 is 17.8.